The lowest BCUT2D eigenvalue weighted by Crippen LogP contribution is -2.61. The van der Waals surface area contributed by atoms with E-state index in [2.05, 4.69) is 64.2 Å². The molecule has 1 fully saturated rings. The Balaban J connectivity index is 1.31. The molecular formula is C36H44N4O5. The van der Waals surface area contributed by atoms with E-state index in [9.17, 15) is 14.4 Å². The minimum atomic E-state index is -0.597. The van der Waals surface area contributed by atoms with Crippen LogP contribution in [0.2, 0.25) is 0 Å². The van der Waals surface area contributed by atoms with E-state index in [1.807, 2.05) is 48.5 Å². The van der Waals surface area contributed by atoms with E-state index >= 15 is 0 Å². The minimum Gasteiger partial charge on any atom is -0.497 e. The molecule has 0 radical (unpaired) electrons. The summed E-state index contributed by atoms with van der Waals surface area (Å²) in [4.78, 5) is 37.0. The molecule has 9 heteroatoms. The normalized spacial score (nSPS) is 16.3. The van der Waals surface area contributed by atoms with Gasteiger partial charge in [-0.15, -0.1) is 0 Å². The molecule has 9 nitrogen and oxygen atoms in total. The van der Waals surface area contributed by atoms with Crippen LogP contribution >= 0.6 is 0 Å². The number of unbranched alkanes of at least 4 members (excludes halogenated alkanes) is 2. The smallest absolute Gasteiger partial charge is 0.407 e. The van der Waals surface area contributed by atoms with Crippen molar-refractivity contribution >= 4 is 17.9 Å². The van der Waals surface area contributed by atoms with E-state index in [1.54, 1.807) is 7.11 Å². The van der Waals surface area contributed by atoms with Gasteiger partial charge in [-0.05, 0) is 73.9 Å². The van der Waals surface area contributed by atoms with E-state index in [1.165, 1.54) is 6.08 Å². The summed E-state index contributed by atoms with van der Waals surface area (Å²) in [7, 11) is 1.66. The summed E-state index contributed by atoms with van der Waals surface area (Å²) in [5.74, 6) is 0.477. The van der Waals surface area contributed by atoms with Gasteiger partial charge in [-0.2, -0.15) is 0 Å². The maximum absolute atomic E-state index is 12.8. The summed E-state index contributed by atoms with van der Waals surface area (Å²) in [6.07, 6.45) is 4.97. The number of piperazine rings is 1. The third kappa shape index (κ3) is 8.95. The van der Waals surface area contributed by atoms with Gasteiger partial charge in [0, 0.05) is 6.54 Å². The molecule has 3 aromatic rings. The van der Waals surface area contributed by atoms with Crippen LogP contribution in [0.4, 0.5) is 4.79 Å². The number of hydrogen-bond acceptors (Lipinski definition) is 6. The minimum absolute atomic E-state index is 0.153. The summed E-state index contributed by atoms with van der Waals surface area (Å²) in [5.41, 5.74) is 2.73. The number of carbonyl (C=O) groups is 3. The number of methoxy groups -OCH3 is 1. The molecule has 0 bridgehead atoms. The van der Waals surface area contributed by atoms with Crippen LogP contribution in [-0.4, -0.2) is 56.8 Å². The molecule has 0 saturated carbocycles. The first-order valence-electron chi connectivity index (χ1n) is 15.6. The van der Waals surface area contributed by atoms with Gasteiger partial charge in [0.05, 0.1) is 12.6 Å². The number of alkyl carbamates (subject to hydrolysis) is 1. The highest BCUT2D eigenvalue weighted by molar-refractivity contribution is 5.96. The van der Waals surface area contributed by atoms with Gasteiger partial charge in [-0.25, -0.2) is 4.79 Å². The Labute approximate surface area is 265 Å². The molecule has 3 aromatic carbocycles. The Bertz CT molecular complexity index is 1340. The summed E-state index contributed by atoms with van der Waals surface area (Å²) in [6, 6.07) is 27.8. The maximum Gasteiger partial charge on any atom is 0.407 e. The van der Waals surface area contributed by atoms with Crippen molar-refractivity contribution in [1.82, 2.24) is 21.3 Å². The van der Waals surface area contributed by atoms with Crippen LogP contribution in [0.25, 0.3) is 0 Å². The largest absolute Gasteiger partial charge is 0.497 e. The molecule has 45 heavy (non-hydrogen) atoms. The van der Waals surface area contributed by atoms with Crippen LogP contribution in [-0.2, 0) is 19.9 Å². The highest BCUT2D eigenvalue weighted by atomic mass is 16.5. The van der Waals surface area contributed by atoms with Crippen molar-refractivity contribution in [1.29, 1.82) is 0 Å². The van der Waals surface area contributed by atoms with Crippen LogP contribution in [0.1, 0.15) is 55.2 Å². The molecule has 0 unspecified atom stereocenters. The van der Waals surface area contributed by atoms with Crippen LogP contribution in [0.5, 0.6) is 5.75 Å². The predicted molar refractivity (Wildman–Crippen MR) is 175 cm³/mol. The van der Waals surface area contributed by atoms with Gasteiger partial charge in [0.1, 0.15) is 24.4 Å². The van der Waals surface area contributed by atoms with Gasteiger partial charge in [-0.3, -0.25) is 14.9 Å². The summed E-state index contributed by atoms with van der Waals surface area (Å²) < 4.78 is 10.3. The zero-order valence-corrected chi connectivity index (χ0v) is 25.9. The number of hydrogen-bond donors (Lipinski definition) is 4. The molecule has 238 valence electrons. The Hall–Kier alpha value is -4.63. The van der Waals surface area contributed by atoms with Crippen molar-refractivity contribution < 1.29 is 23.9 Å². The molecular weight excluding hydrogens is 568 g/mol. The Kier molecular flexibility index (Phi) is 12.6. The van der Waals surface area contributed by atoms with Crippen LogP contribution in [0, 0.1) is 0 Å². The van der Waals surface area contributed by atoms with Gasteiger partial charge < -0.3 is 25.4 Å². The number of carbonyl (C=O) groups excluding carboxylic acids is 3. The molecule has 4 N–H and O–H groups in total. The highest BCUT2D eigenvalue weighted by Crippen LogP contribution is 2.37. The van der Waals surface area contributed by atoms with Crippen molar-refractivity contribution in [3.63, 3.8) is 0 Å². The first kappa shape index (κ1) is 33.3. The van der Waals surface area contributed by atoms with Crippen molar-refractivity contribution in [3.05, 3.63) is 114 Å². The van der Waals surface area contributed by atoms with Crippen LogP contribution < -0.4 is 26.0 Å². The molecule has 0 aromatic heterocycles. The van der Waals surface area contributed by atoms with Gasteiger partial charge in [0.2, 0.25) is 11.8 Å². The number of ether oxygens (including phenoxy) is 2. The van der Waals surface area contributed by atoms with Gasteiger partial charge in [0.15, 0.2) is 0 Å². The second-order valence-corrected chi connectivity index (χ2v) is 11.1. The third-order valence-corrected chi connectivity index (χ3v) is 8.03. The van der Waals surface area contributed by atoms with E-state index in [0.29, 0.717) is 38.8 Å². The zero-order chi connectivity index (χ0) is 31.9. The predicted octanol–water partition coefficient (Wildman–Crippen LogP) is 4.81. The summed E-state index contributed by atoms with van der Waals surface area (Å²) in [5, 5.41) is 12.3. The van der Waals surface area contributed by atoms with Crippen molar-refractivity contribution in [2.45, 2.75) is 56.1 Å². The molecule has 1 saturated heterocycles. The number of benzene rings is 3. The van der Waals surface area contributed by atoms with E-state index in [-0.39, 0.29) is 18.4 Å². The fourth-order valence-corrected chi connectivity index (χ4v) is 5.70. The lowest BCUT2D eigenvalue weighted by atomic mass is 9.77. The fourth-order valence-electron chi connectivity index (χ4n) is 5.70. The molecule has 2 atom stereocenters. The molecule has 0 spiro atoms. The fraction of sp³-hybridized carbons (Fsp3) is 0.361. The Morgan fingerprint density at radius 1 is 0.778 bits per heavy atom. The molecule has 4 rings (SSSR count). The maximum atomic E-state index is 12.8. The molecule has 1 heterocycles. The molecule has 1 aliphatic heterocycles. The number of rotatable bonds is 17. The quantitative estimate of drug-likeness (QED) is 0.0988. The first-order chi connectivity index (χ1) is 22.0. The number of nitrogens with one attached hydrogen (secondary N) is 4. The molecule has 3 amide bonds. The van der Waals surface area contributed by atoms with Crippen LogP contribution in [0.15, 0.2) is 97.6 Å². The van der Waals surface area contributed by atoms with E-state index in [0.717, 1.165) is 35.3 Å². The van der Waals surface area contributed by atoms with Crippen molar-refractivity contribution in [2.75, 3.05) is 26.8 Å². The zero-order valence-electron chi connectivity index (χ0n) is 25.9. The van der Waals surface area contributed by atoms with Gasteiger partial charge >= 0.3 is 6.09 Å². The van der Waals surface area contributed by atoms with Crippen molar-refractivity contribution in [2.24, 2.45) is 0 Å². The average Bonchev–Trinajstić information content (AvgIpc) is 3.08. The molecule has 0 aliphatic carbocycles. The lowest BCUT2D eigenvalue weighted by Gasteiger charge is -2.37. The Morgan fingerprint density at radius 2 is 1.29 bits per heavy atom. The Morgan fingerprint density at radius 3 is 1.80 bits per heavy atom. The summed E-state index contributed by atoms with van der Waals surface area (Å²) >= 11 is 0. The average molecular weight is 613 g/mol. The first-order valence-corrected chi connectivity index (χ1v) is 15.6. The second kappa shape index (κ2) is 17.0. The lowest BCUT2D eigenvalue weighted by molar-refractivity contribution is -0.137. The highest BCUT2D eigenvalue weighted by Gasteiger charge is 2.36. The standard InChI is InChI=1S/C36H44N4O5/c1-3-26-45-35(43)37-24-12-10-18-31-33(41)40-32(34(42)39-31)19-11-13-25-38-36(27-14-6-4-7-15-27,28-16-8-5-9-17-28)29-20-22-30(44-2)23-21-29/h3-9,14-17,20-23,31-32,38H,1,10-13,18-19,24-26H2,2H3,(H,37,43)(H,39,42)(H,40,41)/t31-,32-/m0/s1. The molecule has 1 aliphatic rings. The van der Waals surface area contributed by atoms with Gasteiger partial charge in [-0.1, -0.05) is 85.5 Å². The van der Waals surface area contributed by atoms with E-state index in [4.69, 9.17) is 9.47 Å². The SMILES string of the molecule is C=CCOC(=O)NCCCC[C@@H]1NC(=O)[C@H](CCCCNC(c2ccccc2)(c2ccccc2)c2ccc(OC)cc2)NC1=O. The van der Waals surface area contributed by atoms with Crippen LogP contribution in [0.3, 0.4) is 0 Å². The van der Waals surface area contributed by atoms with Gasteiger partial charge in [0.25, 0.3) is 0 Å². The van der Waals surface area contributed by atoms with Crippen molar-refractivity contribution in [3.8, 4) is 5.75 Å². The monoisotopic (exact) mass is 612 g/mol. The number of amides is 3. The summed E-state index contributed by atoms with van der Waals surface area (Å²) in [6.45, 7) is 4.78. The van der Waals surface area contributed by atoms with E-state index < -0.39 is 23.7 Å². The second-order valence-electron chi connectivity index (χ2n) is 11.1. The topological polar surface area (TPSA) is 118 Å². The third-order valence-electron chi connectivity index (χ3n) is 8.03.